The van der Waals surface area contributed by atoms with Crippen molar-refractivity contribution in [3.05, 3.63) is 0 Å². The Balaban J connectivity index is 0.000000318. The highest BCUT2D eigenvalue weighted by atomic mass is 16.1. The summed E-state index contributed by atoms with van der Waals surface area (Å²) in [5.74, 6) is 0.967. The molecule has 0 aliphatic heterocycles. The first kappa shape index (κ1) is 28.4. The molecular formula is C27H55N3O. The average molecular weight is 438 g/mol. The van der Waals surface area contributed by atoms with Gasteiger partial charge in [0.05, 0.1) is 5.66 Å². The van der Waals surface area contributed by atoms with Gasteiger partial charge in [-0.05, 0) is 62.2 Å². The third kappa shape index (κ3) is 12.3. The van der Waals surface area contributed by atoms with E-state index in [0.29, 0.717) is 23.7 Å². The maximum absolute atomic E-state index is 10.4. The van der Waals surface area contributed by atoms with Crippen molar-refractivity contribution in [2.45, 2.75) is 148 Å². The molecule has 4 heteroatoms. The summed E-state index contributed by atoms with van der Waals surface area (Å²) in [5, 5.41) is 0. The maximum Gasteiger partial charge on any atom is 0.217 e. The fraction of sp³-hybridized carbons (Fsp3) is 0.963. The second kappa shape index (κ2) is 15.3. The topological polar surface area (TPSA) is 95.1 Å². The lowest BCUT2D eigenvalue weighted by Crippen LogP contribution is -2.62. The van der Waals surface area contributed by atoms with E-state index in [2.05, 4.69) is 20.8 Å². The number of hydrogen-bond acceptors (Lipinski definition) is 3. The Hall–Kier alpha value is -0.610. The van der Waals surface area contributed by atoms with E-state index in [1.54, 1.807) is 0 Å². The van der Waals surface area contributed by atoms with Crippen LogP contribution in [0.5, 0.6) is 0 Å². The molecule has 0 aromatic heterocycles. The van der Waals surface area contributed by atoms with Crippen LogP contribution in [0.1, 0.15) is 143 Å². The van der Waals surface area contributed by atoms with Crippen molar-refractivity contribution in [2.24, 2.45) is 34.5 Å². The summed E-state index contributed by atoms with van der Waals surface area (Å²) < 4.78 is 0. The molecule has 2 aliphatic carbocycles. The minimum atomic E-state index is -0.392. The van der Waals surface area contributed by atoms with Crippen LogP contribution in [-0.2, 0) is 4.79 Å². The van der Waals surface area contributed by atoms with Gasteiger partial charge in [0, 0.05) is 6.42 Å². The van der Waals surface area contributed by atoms with E-state index >= 15 is 0 Å². The summed E-state index contributed by atoms with van der Waals surface area (Å²) >= 11 is 0. The molecule has 2 aliphatic rings. The van der Waals surface area contributed by atoms with E-state index in [1.165, 1.54) is 103 Å². The van der Waals surface area contributed by atoms with Crippen molar-refractivity contribution in [1.82, 2.24) is 0 Å². The average Bonchev–Trinajstić information content (AvgIpc) is 2.73. The van der Waals surface area contributed by atoms with E-state index in [9.17, 15) is 4.79 Å². The Morgan fingerprint density at radius 2 is 1.23 bits per heavy atom. The number of primary amides is 1. The van der Waals surface area contributed by atoms with Crippen molar-refractivity contribution < 1.29 is 4.79 Å². The molecule has 0 spiro atoms. The van der Waals surface area contributed by atoms with Crippen LogP contribution in [0.15, 0.2) is 0 Å². The van der Waals surface area contributed by atoms with Gasteiger partial charge in [-0.25, -0.2) is 0 Å². The number of unbranched alkanes of at least 4 members (excludes halogenated alkanes) is 8. The molecule has 0 aromatic rings. The molecule has 0 heterocycles. The van der Waals surface area contributed by atoms with Gasteiger partial charge in [0.15, 0.2) is 0 Å². The molecule has 4 nitrogen and oxygen atoms in total. The molecule has 0 unspecified atom stereocenters. The van der Waals surface area contributed by atoms with Gasteiger partial charge in [-0.2, -0.15) is 0 Å². The van der Waals surface area contributed by atoms with E-state index < -0.39 is 5.66 Å². The predicted molar refractivity (Wildman–Crippen MR) is 134 cm³/mol. The van der Waals surface area contributed by atoms with Gasteiger partial charge in [0.25, 0.3) is 0 Å². The van der Waals surface area contributed by atoms with Crippen molar-refractivity contribution >= 4 is 5.91 Å². The molecule has 0 bridgehead atoms. The maximum atomic E-state index is 10.4. The molecule has 2 rings (SSSR count). The van der Waals surface area contributed by atoms with Crippen molar-refractivity contribution in [2.75, 3.05) is 0 Å². The van der Waals surface area contributed by atoms with Crippen LogP contribution in [0.4, 0.5) is 0 Å². The fourth-order valence-corrected chi connectivity index (χ4v) is 5.45. The molecule has 0 atom stereocenters. The monoisotopic (exact) mass is 437 g/mol. The Morgan fingerprint density at radius 3 is 1.71 bits per heavy atom. The SMILES string of the molecule is CC1(C)CCC(C(N)(N)C2CCCCC2)CC1.CCCCCCCCCCCC(N)=O. The molecule has 0 saturated heterocycles. The first-order chi connectivity index (χ1) is 14.7. The molecule has 184 valence electrons. The van der Waals surface area contributed by atoms with Crippen molar-refractivity contribution in [3.8, 4) is 0 Å². The van der Waals surface area contributed by atoms with Crippen LogP contribution in [0.25, 0.3) is 0 Å². The van der Waals surface area contributed by atoms with Crippen LogP contribution in [-0.4, -0.2) is 11.6 Å². The Bertz CT molecular complexity index is 459. The summed E-state index contributed by atoms with van der Waals surface area (Å²) in [6.07, 6.45) is 23.7. The summed E-state index contributed by atoms with van der Waals surface area (Å²) in [4.78, 5) is 10.4. The lowest BCUT2D eigenvalue weighted by Gasteiger charge is -2.46. The Kier molecular flexibility index (Phi) is 14.0. The molecule has 0 aromatic carbocycles. The lowest BCUT2D eigenvalue weighted by molar-refractivity contribution is -0.118. The minimum Gasteiger partial charge on any atom is -0.370 e. The number of carbonyl (C=O) groups excluding carboxylic acids is 1. The van der Waals surface area contributed by atoms with Crippen LogP contribution in [0.2, 0.25) is 0 Å². The Morgan fingerprint density at radius 1 is 0.774 bits per heavy atom. The largest absolute Gasteiger partial charge is 0.370 e. The van der Waals surface area contributed by atoms with E-state index in [4.69, 9.17) is 17.2 Å². The van der Waals surface area contributed by atoms with Gasteiger partial charge in [-0.15, -0.1) is 0 Å². The van der Waals surface area contributed by atoms with Crippen LogP contribution < -0.4 is 17.2 Å². The molecule has 31 heavy (non-hydrogen) atoms. The van der Waals surface area contributed by atoms with Crippen LogP contribution in [0, 0.1) is 17.3 Å². The number of rotatable bonds is 12. The molecule has 0 radical (unpaired) electrons. The Labute approximate surface area is 193 Å². The first-order valence-electron chi connectivity index (χ1n) is 13.5. The van der Waals surface area contributed by atoms with E-state index in [0.717, 1.165) is 12.8 Å². The highest BCUT2D eigenvalue weighted by Gasteiger charge is 2.41. The van der Waals surface area contributed by atoms with Crippen LogP contribution in [0.3, 0.4) is 0 Å². The third-order valence-electron chi connectivity index (χ3n) is 7.89. The summed E-state index contributed by atoms with van der Waals surface area (Å²) in [7, 11) is 0. The molecule has 1 amide bonds. The van der Waals surface area contributed by atoms with Gasteiger partial charge in [-0.3, -0.25) is 4.79 Å². The highest BCUT2D eigenvalue weighted by molar-refractivity contribution is 5.73. The number of carbonyl (C=O) groups is 1. The number of nitrogens with two attached hydrogens (primary N) is 3. The molecule has 6 N–H and O–H groups in total. The van der Waals surface area contributed by atoms with Gasteiger partial charge in [0.2, 0.25) is 5.91 Å². The smallest absolute Gasteiger partial charge is 0.217 e. The van der Waals surface area contributed by atoms with E-state index in [-0.39, 0.29) is 5.91 Å². The quantitative estimate of drug-likeness (QED) is 0.232. The zero-order valence-electron chi connectivity index (χ0n) is 21.2. The number of hydrogen-bond donors (Lipinski definition) is 3. The predicted octanol–water partition coefficient (Wildman–Crippen LogP) is 6.79. The van der Waals surface area contributed by atoms with E-state index in [1.807, 2.05) is 0 Å². The van der Waals surface area contributed by atoms with Gasteiger partial charge in [0.1, 0.15) is 0 Å². The van der Waals surface area contributed by atoms with Crippen LogP contribution >= 0.6 is 0 Å². The summed E-state index contributed by atoms with van der Waals surface area (Å²) in [6.45, 7) is 6.99. The molecule has 2 saturated carbocycles. The minimum absolute atomic E-state index is 0.159. The zero-order valence-corrected chi connectivity index (χ0v) is 21.2. The summed E-state index contributed by atoms with van der Waals surface area (Å²) in [5.41, 5.74) is 18.2. The molecular weight excluding hydrogens is 382 g/mol. The van der Waals surface area contributed by atoms with Crippen molar-refractivity contribution in [1.29, 1.82) is 0 Å². The van der Waals surface area contributed by atoms with Crippen molar-refractivity contribution in [3.63, 3.8) is 0 Å². The normalized spacial score (nSPS) is 20.2. The second-order valence-corrected chi connectivity index (χ2v) is 11.3. The van der Waals surface area contributed by atoms with Gasteiger partial charge >= 0.3 is 0 Å². The summed E-state index contributed by atoms with van der Waals surface area (Å²) in [6, 6.07) is 0. The zero-order chi connectivity index (χ0) is 23.2. The lowest BCUT2D eigenvalue weighted by atomic mass is 9.65. The first-order valence-corrected chi connectivity index (χ1v) is 13.5. The standard InChI is InChI=1S/C15H30N2.C12H25NO/c1-14(2)10-8-13(9-11-14)15(16,17)12-6-4-3-5-7-12;1-2-3-4-5-6-7-8-9-10-11-12(13)14/h12-13H,3-11,16-17H2,1-2H3;2-11H2,1H3,(H2,13,14). The fourth-order valence-electron chi connectivity index (χ4n) is 5.45. The number of amides is 1. The highest BCUT2D eigenvalue weighted by Crippen LogP contribution is 2.44. The van der Waals surface area contributed by atoms with Gasteiger partial charge < -0.3 is 17.2 Å². The third-order valence-corrected chi connectivity index (χ3v) is 7.89. The second-order valence-electron chi connectivity index (χ2n) is 11.3. The van der Waals surface area contributed by atoms with Gasteiger partial charge in [-0.1, -0.05) is 91.4 Å². The molecule has 2 fully saturated rings.